The van der Waals surface area contributed by atoms with Crippen molar-refractivity contribution in [3.05, 3.63) is 24.0 Å². The first-order valence-electron chi connectivity index (χ1n) is 6.63. The number of rotatable bonds is 3. The van der Waals surface area contributed by atoms with Crippen LogP contribution in [0.2, 0.25) is 0 Å². The summed E-state index contributed by atoms with van der Waals surface area (Å²) in [5.74, 6) is 0.483. The zero-order valence-electron chi connectivity index (χ0n) is 11.0. The number of anilines is 1. The Morgan fingerprint density at radius 1 is 1.45 bits per heavy atom. The van der Waals surface area contributed by atoms with Gasteiger partial charge in [-0.3, -0.25) is 0 Å². The van der Waals surface area contributed by atoms with Crippen molar-refractivity contribution < 1.29 is 9.13 Å². The molecular weight excluding hydrogens is 261 g/mol. The molecule has 0 amide bonds. The van der Waals surface area contributed by atoms with E-state index < -0.39 is 5.82 Å². The standard InChI is InChI=1S/C13H16FN5O/c14-11-6-10(3-4-12(11)15)13-16-17-18-19(13)7-9-2-1-5-20-8-9/h3-4,6,9H,1-2,5,7-8,15H2. The van der Waals surface area contributed by atoms with Crippen LogP contribution in [0.15, 0.2) is 18.2 Å². The van der Waals surface area contributed by atoms with E-state index in [1.807, 2.05) is 0 Å². The average Bonchev–Trinajstić information content (AvgIpc) is 2.91. The van der Waals surface area contributed by atoms with Gasteiger partial charge in [0.25, 0.3) is 0 Å². The number of aromatic nitrogens is 4. The van der Waals surface area contributed by atoms with Gasteiger partial charge >= 0.3 is 0 Å². The predicted octanol–water partition coefficient (Wildman–Crippen LogP) is 1.49. The van der Waals surface area contributed by atoms with E-state index in [1.54, 1.807) is 10.7 Å². The summed E-state index contributed by atoms with van der Waals surface area (Å²) in [6, 6.07) is 4.60. The summed E-state index contributed by atoms with van der Waals surface area (Å²) in [6.07, 6.45) is 2.15. The Morgan fingerprint density at radius 2 is 2.35 bits per heavy atom. The van der Waals surface area contributed by atoms with Crippen LogP contribution in [0.25, 0.3) is 11.4 Å². The van der Waals surface area contributed by atoms with E-state index in [0.717, 1.165) is 26.1 Å². The van der Waals surface area contributed by atoms with Crippen molar-refractivity contribution in [2.45, 2.75) is 19.4 Å². The van der Waals surface area contributed by atoms with Gasteiger partial charge in [0.15, 0.2) is 5.82 Å². The van der Waals surface area contributed by atoms with Gasteiger partial charge in [0.1, 0.15) is 5.82 Å². The zero-order valence-corrected chi connectivity index (χ0v) is 11.0. The van der Waals surface area contributed by atoms with Crippen molar-refractivity contribution >= 4 is 5.69 Å². The highest BCUT2D eigenvalue weighted by Gasteiger charge is 2.18. The van der Waals surface area contributed by atoms with Crippen LogP contribution in [-0.4, -0.2) is 33.4 Å². The Balaban J connectivity index is 1.83. The molecule has 1 aliphatic rings. The fourth-order valence-corrected chi connectivity index (χ4v) is 2.40. The molecular formula is C13H16FN5O. The van der Waals surface area contributed by atoms with Gasteiger partial charge in [0, 0.05) is 18.1 Å². The molecule has 7 heteroatoms. The number of hydrogen-bond acceptors (Lipinski definition) is 5. The van der Waals surface area contributed by atoms with Gasteiger partial charge < -0.3 is 10.5 Å². The summed E-state index contributed by atoms with van der Waals surface area (Å²) in [4.78, 5) is 0. The minimum Gasteiger partial charge on any atom is -0.396 e. The number of hydrogen-bond donors (Lipinski definition) is 1. The number of tetrazole rings is 1. The highest BCUT2D eigenvalue weighted by molar-refractivity contribution is 5.59. The minimum atomic E-state index is -0.460. The SMILES string of the molecule is Nc1ccc(-c2nnnn2CC2CCCOC2)cc1F. The molecule has 1 aliphatic heterocycles. The van der Waals surface area contributed by atoms with Crippen LogP contribution in [0.1, 0.15) is 12.8 Å². The van der Waals surface area contributed by atoms with Crippen molar-refractivity contribution in [3.63, 3.8) is 0 Å². The molecule has 2 heterocycles. The number of nitrogen functional groups attached to an aromatic ring is 1. The molecule has 6 nitrogen and oxygen atoms in total. The molecule has 0 radical (unpaired) electrons. The lowest BCUT2D eigenvalue weighted by Crippen LogP contribution is -2.23. The maximum atomic E-state index is 13.5. The van der Waals surface area contributed by atoms with Crippen molar-refractivity contribution in [2.75, 3.05) is 18.9 Å². The number of halogens is 1. The molecule has 0 saturated carbocycles. The highest BCUT2D eigenvalue weighted by Crippen LogP contribution is 2.22. The van der Waals surface area contributed by atoms with Crippen LogP contribution < -0.4 is 5.73 Å². The molecule has 1 aromatic carbocycles. The summed E-state index contributed by atoms with van der Waals surface area (Å²) >= 11 is 0. The Hall–Kier alpha value is -2.02. The minimum absolute atomic E-state index is 0.119. The Bertz CT molecular complexity index is 594. The number of benzene rings is 1. The van der Waals surface area contributed by atoms with Gasteiger partial charge in [-0.15, -0.1) is 5.10 Å². The first-order chi connectivity index (χ1) is 9.74. The van der Waals surface area contributed by atoms with Crippen LogP contribution in [0.5, 0.6) is 0 Å². The monoisotopic (exact) mass is 277 g/mol. The topological polar surface area (TPSA) is 78.9 Å². The van der Waals surface area contributed by atoms with Crippen LogP contribution >= 0.6 is 0 Å². The van der Waals surface area contributed by atoms with Gasteiger partial charge in [-0.05, 0) is 41.5 Å². The first kappa shape index (κ1) is 13.0. The Labute approximate surface area is 115 Å². The molecule has 2 aromatic rings. The van der Waals surface area contributed by atoms with Crippen LogP contribution in [0, 0.1) is 11.7 Å². The molecule has 1 aromatic heterocycles. The maximum absolute atomic E-state index is 13.5. The molecule has 2 N–H and O–H groups in total. The molecule has 20 heavy (non-hydrogen) atoms. The zero-order chi connectivity index (χ0) is 13.9. The van der Waals surface area contributed by atoms with E-state index in [4.69, 9.17) is 10.5 Å². The lowest BCUT2D eigenvalue weighted by atomic mass is 10.0. The fraction of sp³-hybridized carbons (Fsp3) is 0.462. The molecule has 1 fully saturated rings. The van der Waals surface area contributed by atoms with Crippen LogP contribution in [0.4, 0.5) is 10.1 Å². The molecule has 1 unspecified atom stereocenters. The maximum Gasteiger partial charge on any atom is 0.182 e. The summed E-state index contributed by atoms with van der Waals surface area (Å²) in [5.41, 5.74) is 6.22. The first-order valence-corrected chi connectivity index (χ1v) is 6.63. The van der Waals surface area contributed by atoms with E-state index in [1.165, 1.54) is 12.1 Å². The number of nitrogens with zero attached hydrogens (tertiary/aromatic N) is 4. The van der Waals surface area contributed by atoms with E-state index >= 15 is 0 Å². The molecule has 0 spiro atoms. The molecule has 1 saturated heterocycles. The Morgan fingerprint density at radius 3 is 3.10 bits per heavy atom. The lowest BCUT2D eigenvalue weighted by molar-refractivity contribution is 0.0470. The molecule has 3 rings (SSSR count). The summed E-state index contributed by atoms with van der Waals surface area (Å²) in [5, 5.41) is 11.6. The van der Waals surface area contributed by atoms with Crippen molar-refractivity contribution in [1.29, 1.82) is 0 Å². The van der Waals surface area contributed by atoms with Crippen LogP contribution in [0.3, 0.4) is 0 Å². The van der Waals surface area contributed by atoms with Gasteiger partial charge in [0.05, 0.1) is 18.8 Å². The second-order valence-corrected chi connectivity index (χ2v) is 5.00. The van der Waals surface area contributed by atoms with Crippen molar-refractivity contribution in [2.24, 2.45) is 5.92 Å². The largest absolute Gasteiger partial charge is 0.396 e. The van der Waals surface area contributed by atoms with E-state index in [0.29, 0.717) is 23.9 Å². The van der Waals surface area contributed by atoms with Gasteiger partial charge in [-0.1, -0.05) is 0 Å². The van der Waals surface area contributed by atoms with Crippen LogP contribution in [-0.2, 0) is 11.3 Å². The quantitative estimate of drug-likeness (QED) is 0.860. The van der Waals surface area contributed by atoms with Gasteiger partial charge in [-0.2, -0.15) is 0 Å². The average molecular weight is 277 g/mol. The molecule has 0 bridgehead atoms. The van der Waals surface area contributed by atoms with E-state index in [-0.39, 0.29) is 5.69 Å². The van der Waals surface area contributed by atoms with Crippen molar-refractivity contribution in [3.8, 4) is 11.4 Å². The van der Waals surface area contributed by atoms with E-state index in [9.17, 15) is 4.39 Å². The van der Waals surface area contributed by atoms with Crippen molar-refractivity contribution in [1.82, 2.24) is 20.2 Å². The second kappa shape index (κ2) is 5.54. The number of nitrogens with two attached hydrogens (primary N) is 1. The summed E-state index contributed by atoms with van der Waals surface area (Å²) in [7, 11) is 0. The lowest BCUT2D eigenvalue weighted by Gasteiger charge is -2.21. The normalized spacial score (nSPS) is 19.1. The highest BCUT2D eigenvalue weighted by atomic mass is 19.1. The second-order valence-electron chi connectivity index (χ2n) is 5.00. The number of ether oxygens (including phenoxy) is 1. The summed E-state index contributed by atoms with van der Waals surface area (Å²) < 4.78 is 20.7. The van der Waals surface area contributed by atoms with Gasteiger partial charge in [-0.25, -0.2) is 9.07 Å². The molecule has 0 aliphatic carbocycles. The predicted molar refractivity (Wildman–Crippen MR) is 71.2 cm³/mol. The van der Waals surface area contributed by atoms with E-state index in [2.05, 4.69) is 15.5 Å². The Kier molecular flexibility index (Phi) is 3.60. The molecule has 106 valence electrons. The smallest absolute Gasteiger partial charge is 0.182 e. The summed E-state index contributed by atoms with van der Waals surface area (Å²) in [6.45, 7) is 2.21. The van der Waals surface area contributed by atoms with Gasteiger partial charge in [0.2, 0.25) is 0 Å². The third kappa shape index (κ3) is 2.62. The molecule has 1 atom stereocenters. The third-order valence-corrected chi connectivity index (χ3v) is 3.48. The third-order valence-electron chi connectivity index (χ3n) is 3.48. The fourth-order valence-electron chi connectivity index (χ4n) is 2.40.